The van der Waals surface area contributed by atoms with Gasteiger partial charge in [0.15, 0.2) is 0 Å². The number of phosphoric acid groups is 1. The van der Waals surface area contributed by atoms with E-state index in [0.29, 0.717) is 0 Å². The third-order valence-corrected chi connectivity index (χ3v) is 1.51. The van der Waals surface area contributed by atoms with Gasteiger partial charge < -0.3 is 20.0 Å². The Kier molecular flexibility index (Phi) is 12.0. The fraction of sp³-hybridized carbons (Fsp3) is 0.667. The first-order chi connectivity index (χ1) is 7.31. The van der Waals surface area contributed by atoms with Gasteiger partial charge in [0.1, 0.15) is 0 Å². The average molecular weight is 253 g/mol. The summed E-state index contributed by atoms with van der Waals surface area (Å²) in [5.74, 6) is -0.0681. The van der Waals surface area contributed by atoms with Crippen LogP contribution in [-0.2, 0) is 9.36 Å². The van der Waals surface area contributed by atoms with E-state index in [0.717, 1.165) is 13.0 Å². The minimum atomic E-state index is -4.64. The van der Waals surface area contributed by atoms with Crippen molar-refractivity contribution >= 4 is 13.7 Å². The van der Waals surface area contributed by atoms with Gasteiger partial charge in [0.05, 0.1) is 0 Å². The zero-order valence-corrected chi connectivity index (χ0v) is 10.3. The molecule has 0 aliphatic rings. The number of carbonyl (C=O) groups excluding carboxylic acids is 1. The highest BCUT2D eigenvalue weighted by molar-refractivity contribution is 7.45. The van der Waals surface area contributed by atoms with E-state index in [1.54, 1.807) is 0 Å². The number of amides is 1. The first kappa shape index (κ1) is 17.7. The Morgan fingerprint density at radius 3 is 2.19 bits per heavy atom. The van der Waals surface area contributed by atoms with Gasteiger partial charge >= 0.3 is 7.82 Å². The summed E-state index contributed by atoms with van der Waals surface area (Å²) in [5.41, 5.74) is 0. The lowest BCUT2D eigenvalue weighted by Crippen LogP contribution is -2.21. The van der Waals surface area contributed by atoms with Crippen molar-refractivity contribution in [3.63, 3.8) is 0 Å². The predicted molar refractivity (Wildman–Crippen MR) is 61.6 cm³/mol. The third kappa shape index (κ3) is 29.2. The van der Waals surface area contributed by atoms with Gasteiger partial charge in [-0.05, 0) is 12.5 Å². The van der Waals surface area contributed by atoms with Crippen LogP contribution in [0.4, 0.5) is 0 Å². The fourth-order valence-corrected chi connectivity index (χ4v) is 0.836. The Morgan fingerprint density at radius 1 is 1.31 bits per heavy atom. The van der Waals surface area contributed by atoms with Crippen LogP contribution >= 0.6 is 7.82 Å². The molecule has 0 bridgehead atoms. The van der Waals surface area contributed by atoms with Gasteiger partial charge in [-0.3, -0.25) is 4.79 Å². The summed E-state index contributed by atoms with van der Waals surface area (Å²) in [5, 5.41) is 2.73. The van der Waals surface area contributed by atoms with E-state index in [1.165, 1.54) is 25.3 Å². The minimum absolute atomic E-state index is 0.0681. The van der Waals surface area contributed by atoms with Gasteiger partial charge in [0.25, 0.3) is 0 Å². The lowest BCUT2D eigenvalue weighted by molar-refractivity contribution is -0.116. The van der Waals surface area contributed by atoms with E-state index in [1.807, 2.05) is 0 Å². The maximum Gasteiger partial charge on any atom is 0.466 e. The van der Waals surface area contributed by atoms with Crippen LogP contribution < -0.4 is 5.32 Å². The summed E-state index contributed by atoms with van der Waals surface area (Å²) in [6.07, 6.45) is 6.07. The topological polar surface area (TPSA) is 107 Å². The van der Waals surface area contributed by atoms with Crippen molar-refractivity contribution in [1.82, 2.24) is 5.32 Å². The second kappa shape index (κ2) is 10.8. The summed E-state index contributed by atoms with van der Waals surface area (Å²) in [7, 11) is -4.64. The summed E-state index contributed by atoms with van der Waals surface area (Å²) >= 11 is 0. The van der Waals surface area contributed by atoms with Gasteiger partial charge in [-0.15, -0.1) is 0 Å². The molecule has 0 unspecified atom stereocenters. The van der Waals surface area contributed by atoms with Crippen LogP contribution in [0.25, 0.3) is 0 Å². The van der Waals surface area contributed by atoms with Crippen molar-refractivity contribution in [3.8, 4) is 0 Å². The number of carbonyl (C=O) groups is 1. The van der Waals surface area contributed by atoms with E-state index >= 15 is 0 Å². The van der Waals surface area contributed by atoms with Gasteiger partial charge in [0, 0.05) is 6.54 Å². The molecule has 0 saturated heterocycles. The molecule has 0 aliphatic heterocycles. The fourth-order valence-electron chi connectivity index (χ4n) is 0.836. The lowest BCUT2D eigenvalue weighted by Gasteiger charge is -2.00. The molecule has 1 amide bonds. The molecule has 0 heterocycles. The van der Waals surface area contributed by atoms with Crippen molar-refractivity contribution < 1.29 is 24.0 Å². The Bertz CT molecular complexity index is 230. The van der Waals surface area contributed by atoms with Crippen LogP contribution in [0.5, 0.6) is 0 Å². The Balaban J connectivity index is 0. The highest BCUT2D eigenvalue weighted by Crippen LogP contribution is 2.25. The molecule has 7 heteroatoms. The van der Waals surface area contributed by atoms with Crippen LogP contribution in [0.2, 0.25) is 0 Å². The molecular formula is C9H20NO5P. The van der Waals surface area contributed by atoms with Crippen LogP contribution in [0.1, 0.15) is 32.6 Å². The van der Waals surface area contributed by atoms with Crippen LogP contribution in [0.3, 0.4) is 0 Å². The lowest BCUT2D eigenvalue weighted by atomic mass is 10.2. The monoisotopic (exact) mass is 253 g/mol. The van der Waals surface area contributed by atoms with E-state index in [9.17, 15) is 4.79 Å². The van der Waals surface area contributed by atoms with E-state index in [-0.39, 0.29) is 5.91 Å². The molecule has 0 atom stereocenters. The SMILES string of the molecule is C=CC(=O)NCCCCCC.O=P(O)(O)O. The summed E-state index contributed by atoms with van der Waals surface area (Å²) < 4.78 is 8.88. The summed E-state index contributed by atoms with van der Waals surface area (Å²) in [6.45, 7) is 6.32. The predicted octanol–water partition coefficient (Wildman–Crippen LogP) is 0.940. The number of hydrogen-bond donors (Lipinski definition) is 4. The molecule has 0 aromatic rings. The maximum absolute atomic E-state index is 10.6. The first-order valence-corrected chi connectivity index (χ1v) is 6.56. The van der Waals surface area contributed by atoms with E-state index < -0.39 is 7.82 Å². The molecule has 16 heavy (non-hydrogen) atoms. The smallest absolute Gasteiger partial charge is 0.353 e. The normalized spacial score (nSPS) is 10.0. The largest absolute Gasteiger partial charge is 0.466 e. The zero-order chi connectivity index (χ0) is 13.0. The number of rotatable bonds is 6. The van der Waals surface area contributed by atoms with Crippen molar-refractivity contribution in [3.05, 3.63) is 12.7 Å². The Hall–Kier alpha value is -0.680. The summed E-state index contributed by atoms with van der Waals surface area (Å²) in [4.78, 5) is 32.2. The second-order valence-corrected chi connectivity index (χ2v) is 4.10. The van der Waals surface area contributed by atoms with Crippen molar-refractivity contribution in [2.24, 2.45) is 0 Å². The molecule has 96 valence electrons. The summed E-state index contributed by atoms with van der Waals surface area (Å²) in [6, 6.07) is 0. The number of nitrogens with one attached hydrogen (secondary N) is 1. The van der Waals surface area contributed by atoms with Crippen molar-refractivity contribution in [2.75, 3.05) is 6.54 Å². The molecule has 0 radical (unpaired) electrons. The van der Waals surface area contributed by atoms with Gasteiger partial charge in [-0.1, -0.05) is 32.8 Å². The quantitative estimate of drug-likeness (QED) is 0.320. The molecule has 4 N–H and O–H groups in total. The molecule has 0 aliphatic carbocycles. The van der Waals surface area contributed by atoms with Gasteiger partial charge in [-0.2, -0.15) is 0 Å². The molecule has 0 aromatic heterocycles. The van der Waals surface area contributed by atoms with Gasteiger partial charge in [0.2, 0.25) is 5.91 Å². The molecular weight excluding hydrogens is 233 g/mol. The number of unbranched alkanes of at least 4 members (excludes halogenated alkanes) is 3. The Labute approximate surface area is 95.6 Å². The second-order valence-electron chi connectivity index (χ2n) is 3.07. The van der Waals surface area contributed by atoms with Crippen LogP contribution in [0, 0.1) is 0 Å². The zero-order valence-electron chi connectivity index (χ0n) is 9.43. The van der Waals surface area contributed by atoms with Crippen LogP contribution in [-0.4, -0.2) is 27.1 Å². The van der Waals surface area contributed by atoms with Crippen LogP contribution in [0.15, 0.2) is 12.7 Å². The minimum Gasteiger partial charge on any atom is -0.353 e. The van der Waals surface area contributed by atoms with E-state index in [2.05, 4.69) is 18.8 Å². The first-order valence-electron chi connectivity index (χ1n) is 4.99. The van der Waals surface area contributed by atoms with Crippen molar-refractivity contribution in [2.45, 2.75) is 32.6 Å². The highest BCUT2D eigenvalue weighted by atomic mass is 31.2. The van der Waals surface area contributed by atoms with Gasteiger partial charge in [-0.25, -0.2) is 4.57 Å². The highest BCUT2D eigenvalue weighted by Gasteiger charge is 2.00. The molecule has 0 rings (SSSR count). The molecule has 6 nitrogen and oxygen atoms in total. The standard InChI is InChI=1S/C9H17NO.H3O4P/c1-3-5-6-7-8-10-9(11)4-2;1-5(2,3)4/h4H,2-3,5-8H2,1H3,(H,10,11);(H3,1,2,3,4). The van der Waals surface area contributed by atoms with E-state index in [4.69, 9.17) is 19.2 Å². The number of hydrogen-bond acceptors (Lipinski definition) is 2. The third-order valence-electron chi connectivity index (χ3n) is 1.51. The molecule has 0 aromatic carbocycles. The maximum atomic E-state index is 10.6. The molecule has 0 fully saturated rings. The average Bonchev–Trinajstić information content (AvgIpc) is 2.14. The molecule has 0 saturated carbocycles. The Morgan fingerprint density at radius 2 is 1.81 bits per heavy atom. The van der Waals surface area contributed by atoms with Crippen molar-refractivity contribution in [1.29, 1.82) is 0 Å². The molecule has 0 spiro atoms.